The van der Waals surface area contributed by atoms with Gasteiger partial charge in [-0.15, -0.1) is 0 Å². The molecule has 138 valence electrons. The molecular weight excluding hydrogens is 344 g/mol. The predicted molar refractivity (Wildman–Crippen MR) is 102 cm³/mol. The molecule has 27 heavy (non-hydrogen) atoms. The number of nitrogens with one attached hydrogen (secondary N) is 2. The maximum absolute atomic E-state index is 11.2. The second-order valence-corrected chi connectivity index (χ2v) is 7.12. The summed E-state index contributed by atoms with van der Waals surface area (Å²) in [6.45, 7) is 3.17. The van der Waals surface area contributed by atoms with Gasteiger partial charge in [0.05, 0.1) is 23.8 Å². The fraction of sp³-hybridized carbons (Fsp3) is 0.368. The molecule has 2 unspecified atom stereocenters. The van der Waals surface area contributed by atoms with Gasteiger partial charge >= 0.3 is 0 Å². The van der Waals surface area contributed by atoms with Gasteiger partial charge in [-0.2, -0.15) is 5.10 Å². The maximum atomic E-state index is 11.2. The number of rotatable bonds is 3. The molecule has 0 spiro atoms. The molecule has 0 saturated carbocycles. The summed E-state index contributed by atoms with van der Waals surface area (Å²) in [4.78, 5) is 23.0. The summed E-state index contributed by atoms with van der Waals surface area (Å²) in [6.07, 6.45) is 4.56. The fourth-order valence-corrected chi connectivity index (χ4v) is 3.88. The van der Waals surface area contributed by atoms with Gasteiger partial charge in [-0.25, -0.2) is 9.97 Å². The maximum Gasteiger partial charge on any atom is 0.221 e. The first-order valence-corrected chi connectivity index (χ1v) is 9.15. The zero-order valence-electron chi connectivity index (χ0n) is 15.0. The van der Waals surface area contributed by atoms with E-state index in [1.807, 2.05) is 24.3 Å². The topological polar surface area (TPSA) is 96.0 Å². The third kappa shape index (κ3) is 3.02. The molecule has 8 heteroatoms. The number of carbonyl (C=O) groups is 1. The van der Waals surface area contributed by atoms with Crippen LogP contribution in [-0.2, 0) is 9.53 Å². The Kier molecular flexibility index (Phi) is 3.78. The summed E-state index contributed by atoms with van der Waals surface area (Å²) in [6, 6.07) is 7.53. The normalized spacial score (nSPS) is 21.6. The van der Waals surface area contributed by atoms with Gasteiger partial charge in [0, 0.05) is 31.3 Å². The number of hydrogen-bond donors (Lipinski definition) is 2. The molecule has 2 atom stereocenters. The van der Waals surface area contributed by atoms with Crippen molar-refractivity contribution < 1.29 is 9.53 Å². The lowest BCUT2D eigenvalue weighted by molar-refractivity contribution is -0.114. The first kappa shape index (κ1) is 16.2. The highest BCUT2D eigenvalue weighted by molar-refractivity contribution is 5.90. The molecule has 2 aromatic heterocycles. The molecule has 2 N–H and O–H groups in total. The lowest BCUT2D eigenvalue weighted by Crippen LogP contribution is -2.43. The molecule has 1 amide bonds. The van der Waals surface area contributed by atoms with E-state index in [0.717, 1.165) is 54.0 Å². The lowest BCUT2D eigenvalue weighted by atomic mass is 10.2. The molecule has 2 fully saturated rings. The van der Waals surface area contributed by atoms with Crippen molar-refractivity contribution in [2.45, 2.75) is 32.0 Å². The highest BCUT2D eigenvalue weighted by Gasteiger charge is 2.35. The smallest absolute Gasteiger partial charge is 0.221 e. The van der Waals surface area contributed by atoms with Crippen LogP contribution in [0, 0.1) is 0 Å². The first-order chi connectivity index (χ1) is 13.2. The minimum absolute atomic E-state index is 0.0953. The highest BCUT2D eigenvalue weighted by Crippen LogP contribution is 2.33. The Balaban J connectivity index is 1.53. The third-order valence-corrected chi connectivity index (χ3v) is 5.10. The van der Waals surface area contributed by atoms with Gasteiger partial charge in [-0.3, -0.25) is 9.89 Å². The molecule has 0 aliphatic carbocycles. The van der Waals surface area contributed by atoms with Gasteiger partial charge in [0.25, 0.3) is 0 Å². The molecule has 2 aliphatic heterocycles. The van der Waals surface area contributed by atoms with Crippen molar-refractivity contribution in [1.82, 2.24) is 20.2 Å². The number of aromatic amines is 1. The van der Waals surface area contributed by atoms with Crippen molar-refractivity contribution in [3.8, 4) is 11.4 Å². The Morgan fingerprint density at radius 3 is 2.63 bits per heavy atom. The summed E-state index contributed by atoms with van der Waals surface area (Å²) in [7, 11) is 0. The zero-order valence-corrected chi connectivity index (χ0v) is 15.0. The van der Waals surface area contributed by atoms with Crippen LogP contribution < -0.4 is 10.2 Å². The molecule has 8 nitrogen and oxygen atoms in total. The van der Waals surface area contributed by atoms with Crippen LogP contribution in [0.15, 0.2) is 30.5 Å². The number of ether oxygens (including phenoxy) is 1. The SMILES string of the molecule is CC(=O)Nc1ccc(-c2nc(N3CC4CCC(C3)O4)c3cn[nH]c3n2)cc1. The van der Waals surface area contributed by atoms with Crippen LogP contribution in [0.4, 0.5) is 11.5 Å². The van der Waals surface area contributed by atoms with Gasteiger partial charge in [0.15, 0.2) is 11.5 Å². The van der Waals surface area contributed by atoms with Crippen molar-refractivity contribution in [1.29, 1.82) is 0 Å². The predicted octanol–water partition coefficient (Wildman–Crippen LogP) is 2.35. The van der Waals surface area contributed by atoms with Gasteiger partial charge < -0.3 is 15.0 Å². The largest absolute Gasteiger partial charge is 0.371 e. The second-order valence-electron chi connectivity index (χ2n) is 7.12. The van der Waals surface area contributed by atoms with Crippen molar-refractivity contribution in [3.63, 3.8) is 0 Å². The van der Waals surface area contributed by atoms with E-state index in [2.05, 4.69) is 25.4 Å². The van der Waals surface area contributed by atoms with Crippen LogP contribution >= 0.6 is 0 Å². The van der Waals surface area contributed by atoms with Crippen LogP contribution in [0.5, 0.6) is 0 Å². The van der Waals surface area contributed by atoms with Gasteiger partial charge in [-0.05, 0) is 37.1 Å². The molecular formula is C19H20N6O2. The molecule has 4 heterocycles. The number of benzene rings is 1. The molecule has 2 bridgehead atoms. The number of morpholine rings is 1. The summed E-state index contributed by atoms with van der Waals surface area (Å²) in [5.41, 5.74) is 2.36. The molecule has 0 radical (unpaired) electrons. The van der Waals surface area contributed by atoms with Crippen molar-refractivity contribution >= 4 is 28.4 Å². The number of aromatic nitrogens is 4. The van der Waals surface area contributed by atoms with E-state index in [4.69, 9.17) is 9.72 Å². The minimum atomic E-state index is -0.0953. The van der Waals surface area contributed by atoms with E-state index in [0.29, 0.717) is 5.82 Å². The van der Waals surface area contributed by atoms with Crippen LogP contribution in [-0.4, -0.2) is 51.4 Å². The zero-order chi connectivity index (χ0) is 18.4. The number of hydrogen-bond acceptors (Lipinski definition) is 6. The summed E-state index contributed by atoms with van der Waals surface area (Å²) >= 11 is 0. The van der Waals surface area contributed by atoms with Crippen LogP contribution in [0.3, 0.4) is 0 Å². The van der Waals surface area contributed by atoms with Crippen LogP contribution in [0.25, 0.3) is 22.4 Å². The molecule has 2 aliphatic rings. The summed E-state index contributed by atoms with van der Waals surface area (Å²) < 4.78 is 5.96. The Morgan fingerprint density at radius 2 is 1.93 bits per heavy atom. The van der Waals surface area contributed by atoms with E-state index < -0.39 is 0 Å². The molecule has 1 aromatic carbocycles. The Morgan fingerprint density at radius 1 is 1.19 bits per heavy atom. The number of amides is 1. The van der Waals surface area contributed by atoms with Gasteiger partial charge in [-0.1, -0.05) is 0 Å². The standard InChI is InChI=1S/C19H20N6O2/c1-11(26)21-13-4-2-12(3-5-13)17-22-18-16(8-20-24-18)19(23-17)25-9-14-6-7-15(10-25)27-14/h2-5,8,14-15H,6-7,9-10H2,1H3,(H,21,26)(H,20,22,23,24). The van der Waals surface area contributed by atoms with E-state index in [1.165, 1.54) is 6.92 Å². The van der Waals surface area contributed by atoms with Gasteiger partial charge in [0.1, 0.15) is 5.82 Å². The van der Waals surface area contributed by atoms with E-state index in [-0.39, 0.29) is 18.1 Å². The third-order valence-electron chi connectivity index (χ3n) is 5.10. The molecule has 2 saturated heterocycles. The lowest BCUT2D eigenvalue weighted by Gasteiger charge is -2.33. The van der Waals surface area contributed by atoms with E-state index in [1.54, 1.807) is 6.20 Å². The van der Waals surface area contributed by atoms with Crippen molar-refractivity contribution in [3.05, 3.63) is 30.5 Å². The van der Waals surface area contributed by atoms with E-state index >= 15 is 0 Å². The Labute approximate surface area is 155 Å². The molecule has 3 aromatic rings. The quantitative estimate of drug-likeness (QED) is 0.741. The second kappa shape index (κ2) is 6.31. The number of anilines is 2. The van der Waals surface area contributed by atoms with Crippen molar-refractivity contribution in [2.24, 2.45) is 0 Å². The highest BCUT2D eigenvalue weighted by atomic mass is 16.5. The number of H-pyrrole nitrogens is 1. The average Bonchev–Trinajstić information content (AvgIpc) is 3.26. The van der Waals surface area contributed by atoms with Crippen LogP contribution in [0.1, 0.15) is 19.8 Å². The summed E-state index contributed by atoms with van der Waals surface area (Å²) in [5, 5.41) is 10.8. The van der Waals surface area contributed by atoms with Crippen molar-refractivity contribution in [2.75, 3.05) is 23.3 Å². The molecule has 5 rings (SSSR count). The van der Waals surface area contributed by atoms with Gasteiger partial charge in [0.2, 0.25) is 5.91 Å². The number of fused-ring (bicyclic) bond motifs is 3. The minimum Gasteiger partial charge on any atom is -0.371 e. The fourth-order valence-electron chi connectivity index (χ4n) is 3.88. The Hall–Kier alpha value is -3.00. The summed E-state index contributed by atoms with van der Waals surface area (Å²) in [5.74, 6) is 1.44. The van der Waals surface area contributed by atoms with Crippen LogP contribution in [0.2, 0.25) is 0 Å². The Bertz CT molecular complexity index is 987. The average molecular weight is 364 g/mol. The van der Waals surface area contributed by atoms with E-state index in [9.17, 15) is 4.79 Å². The first-order valence-electron chi connectivity index (χ1n) is 9.15. The monoisotopic (exact) mass is 364 g/mol. The number of nitrogens with zero attached hydrogens (tertiary/aromatic N) is 4. The number of carbonyl (C=O) groups excluding carboxylic acids is 1.